The van der Waals surface area contributed by atoms with E-state index in [4.69, 9.17) is 4.74 Å². The SMILES string of the molecule is CCOC(=O)N1CCC(Nc2cc(C)nc(NCc3ccc(C)cc3)n2)CC1. The van der Waals surface area contributed by atoms with Crippen LogP contribution in [0, 0.1) is 13.8 Å². The minimum absolute atomic E-state index is 0.221. The van der Waals surface area contributed by atoms with Gasteiger partial charge in [0.2, 0.25) is 5.95 Å². The molecule has 1 aromatic carbocycles. The van der Waals surface area contributed by atoms with E-state index in [0.29, 0.717) is 32.2 Å². The van der Waals surface area contributed by atoms with Gasteiger partial charge in [-0.25, -0.2) is 9.78 Å². The second-order valence-electron chi connectivity index (χ2n) is 7.16. The summed E-state index contributed by atoms with van der Waals surface area (Å²) in [5, 5.41) is 6.79. The van der Waals surface area contributed by atoms with Crippen LogP contribution in [0.25, 0.3) is 0 Å². The van der Waals surface area contributed by atoms with Crippen molar-refractivity contribution in [1.29, 1.82) is 0 Å². The van der Waals surface area contributed by atoms with Gasteiger partial charge in [-0.15, -0.1) is 0 Å². The number of aryl methyl sites for hydroxylation is 2. The fourth-order valence-corrected chi connectivity index (χ4v) is 3.24. The topological polar surface area (TPSA) is 79.4 Å². The Bertz CT molecular complexity index is 786. The third-order valence-electron chi connectivity index (χ3n) is 4.80. The van der Waals surface area contributed by atoms with Gasteiger partial charge in [0.1, 0.15) is 5.82 Å². The lowest BCUT2D eigenvalue weighted by Gasteiger charge is -2.31. The van der Waals surface area contributed by atoms with Gasteiger partial charge in [-0.3, -0.25) is 0 Å². The molecule has 1 aliphatic heterocycles. The van der Waals surface area contributed by atoms with Crippen LogP contribution in [0.5, 0.6) is 0 Å². The highest BCUT2D eigenvalue weighted by atomic mass is 16.6. The fraction of sp³-hybridized carbons (Fsp3) is 0.476. The van der Waals surface area contributed by atoms with Crippen LogP contribution in [0.1, 0.15) is 36.6 Å². The number of hydrogen-bond acceptors (Lipinski definition) is 6. The van der Waals surface area contributed by atoms with Crippen LogP contribution < -0.4 is 10.6 Å². The summed E-state index contributed by atoms with van der Waals surface area (Å²) in [4.78, 5) is 22.7. The van der Waals surface area contributed by atoms with E-state index in [1.807, 2.05) is 19.9 Å². The maximum atomic E-state index is 11.8. The van der Waals surface area contributed by atoms with Crippen molar-refractivity contribution in [2.75, 3.05) is 30.3 Å². The summed E-state index contributed by atoms with van der Waals surface area (Å²) in [6.45, 7) is 8.35. The Kier molecular flexibility index (Phi) is 6.68. The lowest BCUT2D eigenvalue weighted by Crippen LogP contribution is -2.42. The summed E-state index contributed by atoms with van der Waals surface area (Å²) in [7, 11) is 0. The normalized spacial score (nSPS) is 14.6. The second kappa shape index (κ2) is 9.39. The van der Waals surface area contributed by atoms with E-state index >= 15 is 0 Å². The number of anilines is 2. The molecule has 1 aromatic heterocycles. The number of benzene rings is 1. The Morgan fingerprint density at radius 3 is 2.57 bits per heavy atom. The largest absolute Gasteiger partial charge is 0.450 e. The Morgan fingerprint density at radius 2 is 1.89 bits per heavy atom. The van der Waals surface area contributed by atoms with Gasteiger partial charge < -0.3 is 20.3 Å². The lowest BCUT2D eigenvalue weighted by molar-refractivity contribution is 0.0983. The number of hydrogen-bond donors (Lipinski definition) is 2. The molecule has 1 fully saturated rings. The van der Waals surface area contributed by atoms with Crippen LogP contribution in [0.4, 0.5) is 16.6 Å². The molecule has 1 amide bonds. The molecule has 1 aliphatic rings. The summed E-state index contributed by atoms with van der Waals surface area (Å²) >= 11 is 0. The van der Waals surface area contributed by atoms with E-state index in [2.05, 4.69) is 51.8 Å². The van der Waals surface area contributed by atoms with Gasteiger partial charge in [0.25, 0.3) is 0 Å². The summed E-state index contributed by atoms with van der Waals surface area (Å²) in [6, 6.07) is 10.6. The zero-order valence-electron chi connectivity index (χ0n) is 16.9. The molecule has 28 heavy (non-hydrogen) atoms. The number of rotatable bonds is 6. The lowest BCUT2D eigenvalue weighted by atomic mass is 10.1. The second-order valence-corrected chi connectivity index (χ2v) is 7.16. The van der Waals surface area contributed by atoms with Gasteiger partial charge in [0.15, 0.2) is 0 Å². The molecule has 7 heteroatoms. The predicted octanol–water partition coefficient (Wildman–Crippen LogP) is 3.74. The zero-order chi connectivity index (χ0) is 19.9. The third kappa shape index (κ3) is 5.58. The molecule has 0 bridgehead atoms. The number of aromatic nitrogens is 2. The minimum Gasteiger partial charge on any atom is -0.450 e. The van der Waals surface area contributed by atoms with Crippen molar-refractivity contribution >= 4 is 17.9 Å². The Balaban J connectivity index is 1.55. The fourth-order valence-electron chi connectivity index (χ4n) is 3.24. The molecular formula is C21H29N5O2. The first-order valence-corrected chi connectivity index (χ1v) is 9.87. The van der Waals surface area contributed by atoms with Gasteiger partial charge in [-0.2, -0.15) is 4.98 Å². The zero-order valence-corrected chi connectivity index (χ0v) is 16.9. The van der Waals surface area contributed by atoms with E-state index < -0.39 is 0 Å². The summed E-state index contributed by atoms with van der Waals surface area (Å²) in [6.07, 6.45) is 1.52. The van der Waals surface area contributed by atoms with Crippen LogP contribution >= 0.6 is 0 Å². The number of piperidine rings is 1. The van der Waals surface area contributed by atoms with Crippen LogP contribution in [-0.2, 0) is 11.3 Å². The van der Waals surface area contributed by atoms with E-state index in [-0.39, 0.29) is 12.1 Å². The van der Waals surface area contributed by atoms with Crippen LogP contribution in [0.15, 0.2) is 30.3 Å². The summed E-state index contributed by atoms with van der Waals surface area (Å²) < 4.78 is 5.07. The minimum atomic E-state index is -0.221. The number of carbonyl (C=O) groups is 1. The van der Waals surface area contributed by atoms with Crippen molar-refractivity contribution in [3.8, 4) is 0 Å². The predicted molar refractivity (Wildman–Crippen MR) is 111 cm³/mol. The Morgan fingerprint density at radius 1 is 1.18 bits per heavy atom. The van der Waals surface area contributed by atoms with Crippen LogP contribution in [-0.4, -0.2) is 46.7 Å². The van der Waals surface area contributed by atoms with Crippen molar-refractivity contribution in [3.05, 3.63) is 47.2 Å². The summed E-state index contributed by atoms with van der Waals surface area (Å²) in [5.41, 5.74) is 3.35. The van der Waals surface area contributed by atoms with Gasteiger partial charge in [0, 0.05) is 37.4 Å². The quantitative estimate of drug-likeness (QED) is 0.791. The molecule has 0 radical (unpaired) electrons. The van der Waals surface area contributed by atoms with Crippen molar-refractivity contribution in [2.45, 2.75) is 46.2 Å². The summed E-state index contributed by atoms with van der Waals surface area (Å²) in [5.74, 6) is 1.43. The molecule has 0 saturated carbocycles. The molecule has 2 N–H and O–H groups in total. The molecule has 2 heterocycles. The number of amides is 1. The van der Waals surface area contributed by atoms with Crippen LogP contribution in [0.2, 0.25) is 0 Å². The first-order valence-electron chi connectivity index (χ1n) is 9.87. The van der Waals surface area contributed by atoms with Crippen molar-refractivity contribution in [1.82, 2.24) is 14.9 Å². The molecule has 1 saturated heterocycles. The smallest absolute Gasteiger partial charge is 0.409 e. The van der Waals surface area contributed by atoms with Crippen molar-refractivity contribution in [3.63, 3.8) is 0 Å². The monoisotopic (exact) mass is 383 g/mol. The molecule has 3 rings (SSSR count). The van der Waals surface area contributed by atoms with Gasteiger partial charge in [0.05, 0.1) is 6.61 Å². The third-order valence-corrected chi connectivity index (χ3v) is 4.80. The molecule has 2 aromatic rings. The maximum Gasteiger partial charge on any atom is 0.409 e. The number of carbonyl (C=O) groups excluding carboxylic acids is 1. The number of nitrogens with one attached hydrogen (secondary N) is 2. The first kappa shape index (κ1) is 19.9. The first-order chi connectivity index (χ1) is 13.5. The Labute approximate surface area is 166 Å². The molecule has 0 spiro atoms. The van der Waals surface area contributed by atoms with E-state index in [9.17, 15) is 4.79 Å². The molecule has 7 nitrogen and oxygen atoms in total. The van der Waals surface area contributed by atoms with Gasteiger partial charge in [-0.05, 0) is 39.2 Å². The van der Waals surface area contributed by atoms with Gasteiger partial charge >= 0.3 is 6.09 Å². The highest BCUT2D eigenvalue weighted by molar-refractivity contribution is 5.67. The standard InChI is InChI=1S/C21H29N5O2/c1-4-28-21(27)26-11-9-18(10-12-26)24-19-13-16(3)23-20(25-19)22-14-17-7-5-15(2)6-8-17/h5-8,13,18H,4,9-12,14H2,1-3H3,(H2,22,23,24,25). The average molecular weight is 383 g/mol. The average Bonchev–Trinajstić information content (AvgIpc) is 2.68. The number of ether oxygens (including phenoxy) is 1. The van der Waals surface area contributed by atoms with E-state index in [1.165, 1.54) is 11.1 Å². The van der Waals surface area contributed by atoms with E-state index in [1.54, 1.807) is 4.90 Å². The number of nitrogens with zero attached hydrogens (tertiary/aromatic N) is 3. The molecule has 150 valence electrons. The number of likely N-dealkylation sites (tertiary alicyclic amines) is 1. The molecule has 0 unspecified atom stereocenters. The Hall–Kier alpha value is -2.83. The molecule has 0 aliphatic carbocycles. The molecular weight excluding hydrogens is 354 g/mol. The van der Waals surface area contributed by atoms with E-state index in [0.717, 1.165) is 24.4 Å². The molecule has 0 atom stereocenters. The highest BCUT2D eigenvalue weighted by Crippen LogP contribution is 2.18. The maximum absolute atomic E-state index is 11.8. The highest BCUT2D eigenvalue weighted by Gasteiger charge is 2.23. The van der Waals surface area contributed by atoms with Crippen molar-refractivity contribution in [2.24, 2.45) is 0 Å². The van der Waals surface area contributed by atoms with Gasteiger partial charge in [-0.1, -0.05) is 29.8 Å². The van der Waals surface area contributed by atoms with Crippen molar-refractivity contribution < 1.29 is 9.53 Å². The van der Waals surface area contributed by atoms with Crippen LogP contribution in [0.3, 0.4) is 0 Å².